The van der Waals surface area contributed by atoms with Crippen LogP contribution >= 0.6 is 0 Å². The summed E-state index contributed by atoms with van der Waals surface area (Å²) in [5, 5.41) is 3.02. The van der Waals surface area contributed by atoms with Crippen molar-refractivity contribution in [3.8, 4) is 0 Å². The molecule has 1 atom stereocenters. The lowest BCUT2D eigenvalue weighted by Crippen LogP contribution is -2.38. The third-order valence-electron chi connectivity index (χ3n) is 1.66. The van der Waals surface area contributed by atoms with Crippen molar-refractivity contribution in [3.63, 3.8) is 0 Å². The number of nitrogens with zero attached hydrogens (tertiary/aromatic N) is 1. The van der Waals surface area contributed by atoms with E-state index in [2.05, 4.69) is 5.32 Å². The minimum absolute atomic E-state index is 0.0370. The van der Waals surface area contributed by atoms with E-state index in [-0.39, 0.29) is 11.9 Å². The van der Waals surface area contributed by atoms with Gasteiger partial charge in [0.1, 0.15) is 0 Å². The highest BCUT2D eigenvalue weighted by Gasteiger charge is 2.22. The molecule has 1 unspecified atom stereocenters. The molecule has 0 aromatic heterocycles. The van der Waals surface area contributed by atoms with E-state index in [1.165, 1.54) is 0 Å². The van der Waals surface area contributed by atoms with Crippen LogP contribution in [0, 0.1) is 6.54 Å². The van der Waals surface area contributed by atoms with E-state index in [1.807, 2.05) is 6.54 Å². The summed E-state index contributed by atoms with van der Waals surface area (Å²) in [5.41, 5.74) is 0. The average Bonchev–Trinajstić information content (AvgIpc) is 2.36. The molecule has 0 spiro atoms. The molecule has 1 aliphatic rings. The van der Waals surface area contributed by atoms with Gasteiger partial charge in [-0.05, 0) is 12.8 Å². The minimum Gasteiger partial charge on any atom is -0.347 e. The van der Waals surface area contributed by atoms with Gasteiger partial charge in [0.2, 0.25) is 5.91 Å². The Morgan fingerprint density at radius 2 is 2.40 bits per heavy atom. The molecule has 1 aliphatic heterocycles. The average molecular weight is 141 g/mol. The van der Waals surface area contributed by atoms with E-state index in [4.69, 9.17) is 0 Å². The van der Waals surface area contributed by atoms with Gasteiger partial charge in [-0.25, -0.2) is 0 Å². The largest absolute Gasteiger partial charge is 0.347 e. The molecule has 57 valence electrons. The monoisotopic (exact) mass is 141 g/mol. The lowest BCUT2D eigenvalue weighted by molar-refractivity contribution is -0.130. The summed E-state index contributed by atoms with van der Waals surface area (Å²) in [7, 11) is 3.56. The Morgan fingerprint density at radius 1 is 1.70 bits per heavy atom. The first-order valence-electron chi connectivity index (χ1n) is 3.50. The highest BCUT2D eigenvalue weighted by molar-refractivity contribution is 5.81. The standard InChI is InChI=1S/C7H13N2O/c1-9(2)7(10)6-4-3-5-8-6/h5-6,8H,3-4H2,1-2H3. The summed E-state index contributed by atoms with van der Waals surface area (Å²) in [5.74, 6) is 0.175. The summed E-state index contributed by atoms with van der Waals surface area (Å²) in [6.07, 6.45) is 1.95. The number of hydrogen-bond donors (Lipinski definition) is 1. The van der Waals surface area contributed by atoms with Gasteiger partial charge in [0.25, 0.3) is 0 Å². The van der Waals surface area contributed by atoms with Gasteiger partial charge in [0.05, 0.1) is 6.04 Å². The molecule has 1 heterocycles. The molecule has 3 heteroatoms. The minimum atomic E-state index is 0.0370. The molecule has 1 rings (SSSR count). The molecule has 1 saturated heterocycles. The van der Waals surface area contributed by atoms with Crippen molar-refractivity contribution >= 4 is 5.91 Å². The maximum absolute atomic E-state index is 11.2. The van der Waals surface area contributed by atoms with Crippen molar-refractivity contribution in [1.82, 2.24) is 10.2 Å². The third-order valence-corrected chi connectivity index (χ3v) is 1.66. The van der Waals surface area contributed by atoms with Crippen molar-refractivity contribution in [1.29, 1.82) is 0 Å². The van der Waals surface area contributed by atoms with Crippen LogP contribution < -0.4 is 5.32 Å². The maximum atomic E-state index is 11.2. The van der Waals surface area contributed by atoms with Crippen molar-refractivity contribution in [2.75, 3.05) is 14.1 Å². The Labute approximate surface area is 61.4 Å². The van der Waals surface area contributed by atoms with Gasteiger partial charge in [-0.2, -0.15) is 0 Å². The highest BCUT2D eigenvalue weighted by atomic mass is 16.2. The fraction of sp³-hybridized carbons (Fsp3) is 0.714. The second-order valence-electron chi connectivity index (χ2n) is 2.73. The van der Waals surface area contributed by atoms with Crippen LogP contribution in [0.2, 0.25) is 0 Å². The van der Waals surface area contributed by atoms with E-state index in [1.54, 1.807) is 19.0 Å². The predicted molar refractivity (Wildman–Crippen MR) is 39.2 cm³/mol. The second kappa shape index (κ2) is 3.01. The first-order chi connectivity index (χ1) is 4.72. The van der Waals surface area contributed by atoms with E-state index >= 15 is 0 Å². The van der Waals surface area contributed by atoms with Crippen molar-refractivity contribution in [2.24, 2.45) is 0 Å². The highest BCUT2D eigenvalue weighted by Crippen LogP contribution is 2.09. The van der Waals surface area contributed by atoms with Crippen LogP contribution in [-0.2, 0) is 4.79 Å². The van der Waals surface area contributed by atoms with Gasteiger partial charge in [0.15, 0.2) is 0 Å². The lowest BCUT2D eigenvalue weighted by Gasteiger charge is -2.15. The molecule has 10 heavy (non-hydrogen) atoms. The van der Waals surface area contributed by atoms with E-state index in [0.717, 1.165) is 12.8 Å². The van der Waals surface area contributed by atoms with Crippen LogP contribution in [0.15, 0.2) is 0 Å². The van der Waals surface area contributed by atoms with E-state index < -0.39 is 0 Å². The quantitative estimate of drug-likeness (QED) is 0.557. The Balaban J connectivity index is 2.40. The molecule has 0 aliphatic carbocycles. The number of hydrogen-bond acceptors (Lipinski definition) is 2. The molecule has 1 radical (unpaired) electrons. The number of amides is 1. The van der Waals surface area contributed by atoms with Crippen LogP contribution in [0.4, 0.5) is 0 Å². The van der Waals surface area contributed by atoms with Gasteiger partial charge in [-0.3, -0.25) is 4.79 Å². The van der Waals surface area contributed by atoms with Crippen LogP contribution in [-0.4, -0.2) is 30.9 Å². The fourth-order valence-electron chi connectivity index (χ4n) is 1.07. The molecule has 0 aromatic rings. The summed E-state index contributed by atoms with van der Waals surface area (Å²) in [4.78, 5) is 12.8. The smallest absolute Gasteiger partial charge is 0.239 e. The second-order valence-corrected chi connectivity index (χ2v) is 2.73. The summed E-state index contributed by atoms with van der Waals surface area (Å²) >= 11 is 0. The fourth-order valence-corrected chi connectivity index (χ4v) is 1.07. The van der Waals surface area contributed by atoms with Gasteiger partial charge in [-0.1, -0.05) is 0 Å². The molecule has 0 saturated carbocycles. The molecular weight excluding hydrogens is 128 g/mol. The van der Waals surface area contributed by atoms with Crippen LogP contribution in [0.25, 0.3) is 0 Å². The number of nitrogens with one attached hydrogen (secondary N) is 1. The first kappa shape index (κ1) is 7.54. The molecule has 1 amide bonds. The van der Waals surface area contributed by atoms with Gasteiger partial charge in [-0.15, -0.1) is 0 Å². The van der Waals surface area contributed by atoms with E-state index in [9.17, 15) is 4.79 Å². The Bertz CT molecular complexity index is 128. The molecule has 3 nitrogen and oxygen atoms in total. The third kappa shape index (κ3) is 1.48. The van der Waals surface area contributed by atoms with Crippen molar-refractivity contribution in [3.05, 3.63) is 6.54 Å². The predicted octanol–water partition coefficient (Wildman–Crippen LogP) is -0.0116. The molecule has 0 aromatic carbocycles. The van der Waals surface area contributed by atoms with Crippen molar-refractivity contribution < 1.29 is 4.79 Å². The molecular formula is C7H13N2O. The SMILES string of the molecule is CN(C)C(=O)C1CC[CH]N1. The number of carbonyl (C=O) groups is 1. The molecule has 1 N–H and O–H groups in total. The summed E-state index contributed by atoms with van der Waals surface area (Å²) in [6.45, 7) is 1.95. The maximum Gasteiger partial charge on any atom is 0.239 e. The van der Waals surface area contributed by atoms with Gasteiger partial charge in [0, 0.05) is 20.6 Å². The Hall–Kier alpha value is -0.570. The van der Waals surface area contributed by atoms with E-state index in [0.29, 0.717) is 0 Å². The van der Waals surface area contributed by atoms with Gasteiger partial charge >= 0.3 is 0 Å². The Kier molecular flexibility index (Phi) is 2.27. The van der Waals surface area contributed by atoms with Crippen LogP contribution in [0.5, 0.6) is 0 Å². The van der Waals surface area contributed by atoms with Gasteiger partial charge < -0.3 is 10.2 Å². The van der Waals surface area contributed by atoms with Crippen LogP contribution in [0.1, 0.15) is 12.8 Å². The normalized spacial score (nSPS) is 24.8. The molecule has 1 fully saturated rings. The van der Waals surface area contributed by atoms with Crippen LogP contribution in [0.3, 0.4) is 0 Å². The first-order valence-corrected chi connectivity index (χ1v) is 3.50. The summed E-state index contributed by atoms with van der Waals surface area (Å²) in [6, 6.07) is 0.0370. The summed E-state index contributed by atoms with van der Waals surface area (Å²) < 4.78 is 0. The Morgan fingerprint density at radius 3 is 2.80 bits per heavy atom. The zero-order valence-corrected chi connectivity index (χ0v) is 6.42. The zero-order chi connectivity index (χ0) is 7.56. The number of rotatable bonds is 1. The number of carbonyl (C=O) groups excluding carboxylic acids is 1. The zero-order valence-electron chi connectivity index (χ0n) is 6.42. The number of likely N-dealkylation sites (N-methyl/N-ethyl adjacent to an activating group) is 1. The van der Waals surface area contributed by atoms with Crippen molar-refractivity contribution in [2.45, 2.75) is 18.9 Å². The topological polar surface area (TPSA) is 32.3 Å². The lowest BCUT2D eigenvalue weighted by atomic mass is 10.2. The molecule has 0 bridgehead atoms.